The molecule has 3 rings (SSSR count). The molecule has 1 aliphatic heterocycles. The van der Waals surface area contributed by atoms with Gasteiger partial charge < -0.3 is 10.2 Å². The molecule has 2 aromatic carbocycles. The van der Waals surface area contributed by atoms with Crippen LogP contribution < -0.4 is 5.32 Å². The van der Waals surface area contributed by atoms with Crippen LogP contribution in [0.5, 0.6) is 0 Å². The Morgan fingerprint density at radius 3 is 2.57 bits per heavy atom. The number of hydrogen-bond donors (Lipinski definition) is 1. The molecule has 2 atom stereocenters. The summed E-state index contributed by atoms with van der Waals surface area (Å²) in [6.07, 6.45) is 0. The number of rotatable bonds is 4. The van der Waals surface area contributed by atoms with Crippen molar-refractivity contribution in [2.24, 2.45) is 5.92 Å². The number of benzene rings is 2. The van der Waals surface area contributed by atoms with E-state index in [1.807, 2.05) is 0 Å². The first-order valence-electron chi connectivity index (χ1n) is 9.20. The summed E-state index contributed by atoms with van der Waals surface area (Å²) in [4.78, 5) is 27.1. The highest BCUT2D eigenvalue weighted by atomic mass is 19.1. The summed E-state index contributed by atoms with van der Waals surface area (Å²) in [5.74, 6) is -2.58. The van der Waals surface area contributed by atoms with Crippen molar-refractivity contribution in [1.82, 2.24) is 4.90 Å². The molecule has 0 bridgehead atoms. The molecule has 1 aliphatic rings. The lowest BCUT2D eigenvalue weighted by Gasteiger charge is -2.21. The second-order valence-electron chi connectivity index (χ2n) is 7.80. The summed E-state index contributed by atoms with van der Waals surface area (Å²) in [6.45, 7) is 4.86. The summed E-state index contributed by atoms with van der Waals surface area (Å²) < 4.78 is 28.2. The molecule has 1 N–H and O–H groups in total. The summed E-state index contributed by atoms with van der Waals surface area (Å²) in [6, 6.07) is 11.4. The zero-order chi connectivity index (χ0) is 20.6. The molecule has 4 nitrogen and oxygen atoms in total. The fourth-order valence-electron chi connectivity index (χ4n) is 3.59. The van der Waals surface area contributed by atoms with Crippen molar-refractivity contribution in [3.63, 3.8) is 0 Å². The molecule has 0 radical (unpaired) electrons. The molecule has 1 fully saturated rings. The Labute approximate surface area is 163 Å². The number of nitrogens with zero attached hydrogens (tertiary/aromatic N) is 1. The van der Waals surface area contributed by atoms with Gasteiger partial charge in [-0.2, -0.15) is 0 Å². The quantitative estimate of drug-likeness (QED) is 0.803. The predicted molar refractivity (Wildman–Crippen MR) is 104 cm³/mol. The molecule has 148 valence electrons. The molecule has 6 heteroatoms. The van der Waals surface area contributed by atoms with E-state index >= 15 is 0 Å². The molecular weight excluding hydrogens is 362 g/mol. The monoisotopic (exact) mass is 386 g/mol. The van der Waals surface area contributed by atoms with Crippen molar-refractivity contribution in [3.8, 4) is 0 Å². The minimum Gasteiger partial charge on any atom is -0.344 e. The molecule has 1 saturated heterocycles. The highest BCUT2D eigenvalue weighted by Crippen LogP contribution is 2.36. The summed E-state index contributed by atoms with van der Waals surface area (Å²) in [5.41, 5.74) is 0.349. The second-order valence-corrected chi connectivity index (χ2v) is 7.80. The van der Waals surface area contributed by atoms with Gasteiger partial charge in [-0.3, -0.25) is 9.59 Å². The molecular formula is C22H24F2N2O2. The Hall–Kier alpha value is -2.76. The van der Waals surface area contributed by atoms with Crippen molar-refractivity contribution in [2.75, 3.05) is 18.9 Å². The topological polar surface area (TPSA) is 49.4 Å². The zero-order valence-electron chi connectivity index (χ0n) is 16.4. The van der Waals surface area contributed by atoms with Crippen LogP contribution in [-0.2, 0) is 15.3 Å². The van der Waals surface area contributed by atoms with Crippen molar-refractivity contribution in [3.05, 3.63) is 65.0 Å². The number of anilines is 1. The third-order valence-electron chi connectivity index (χ3n) is 5.32. The molecule has 0 aliphatic carbocycles. The minimum absolute atomic E-state index is 0.304. The van der Waals surface area contributed by atoms with Crippen LogP contribution in [0.2, 0.25) is 0 Å². The lowest BCUT2D eigenvalue weighted by atomic mass is 9.85. The number of likely N-dealkylation sites (tertiary alicyclic amines) is 1. The molecule has 28 heavy (non-hydrogen) atoms. The van der Waals surface area contributed by atoms with Gasteiger partial charge in [0, 0.05) is 30.8 Å². The number of carbonyl (C=O) groups excluding carboxylic acids is 2. The van der Waals surface area contributed by atoms with Crippen molar-refractivity contribution in [1.29, 1.82) is 0 Å². The Bertz CT molecular complexity index is 921. The van der Waals surface area contributed by atoms with Crippen LogP contribution in [0.3, 0.4) is 0 Å². The first-order chi connectivity index (χ1) is 13.1. The number of nitrogens with one attached hydrogen (secondary N) is 1. The fourth-order valence-corrected chi connectivity index (χ4v) is 3.59. The summed E-state index contributed by atoms with van der Waals surface area (Å²) in [7, 11) is 1.64. The standard InChI is InChI=1S/C22H24F2N2O2/c1-13-17(23)9-6-10-18(13)25-20(27)19-16(12-26(4)21(19)28)14-7-5-8-15(11-14)22(2,3)24/h5-11,16,19H,12H2,1-4H3,(H,25,27)/t16-,19+/m0/s1. The van der Waals surface area contributed by atoms with Crippen LogP contribution in [0.4, 0.5) is 14.5 Å². The number of alkyl halides is 1. The van der Waals surface area contributed by atoms with Crippen LogP contribution in [0.25, 0.3) is 0 Å². The van der Waals surface area contributed by atoms with Gasteiger partial charge >= 0.3 is 0 Å². The van der Waals surface area contributed by atoms with Gasteiger partial charge in [0.15, 0.2) is 0 Å². The van der Waals surface area contributed by atoms with Gasteiger partial charge in [0.05, 0.1) is 0 Å². The average Bonchev–Trinajstić information content (AvgIpc) is 2.93. The van der Waals surface area contributed by atoms with Gasteiger partial charge in [-0.25, -0.2) is 8.78 Å². The Morgan fingerprint density at radius 1 is 1.21 bits per heavy atom. The highest BCUT2D eigenvalue weighted by Gasteiger charge is 2.44. The van der Waals surface area contributed by atoms with E-state index in [2.05, 4.69) is 5.32 Å². The fraction of sp³-hybridized carbons (Fsp3) is 0.364. The molecule has 2 amide bonds. The number of carbonyl (C=O) groups is 2. The van der Waals surface area contributed by atoms with E-state index in [1.165, 1.54) is 30.9 Å². The molecule has 0 saturated carbocycles. The SMILES string of the molecule is Cc1c(F)cccc1NC(=O)[C@@H]1C(=O)N(C)C[C@H]1c1cccc(C(C)(C)F)c1. The maximum atomic E-state index is 14.4. The predicted octanol–water partition coefficient (Wildman–Crippen LogP) is 4.15. The van der Waals surface area contributed by atoms with E-state index in [9.17, 15) is 18.4 Å². The van der Waals surface area contributed by atoms with Crippen LogP contribution >= 0.6 is 0 Å². The van der Waals surface area contributed by atoms with E-state index in [0.717, 1.165) is 5.56 Å². The lowest BCUT2D eigenvalue weighted by Crippen LogP contribution is -2.33. The molecule has 0 unspecified atom stereocenters. The van der Waals surface area contributed by atoms with Crippen LogP contribution in [0.1, 0.15) is 36.5 Å². The molecule has 2 aromatic rings. The molecule has 1 heterocycles. The van der Waals surface area contributed by atoms with Gasteiger partial charge in [0.25, 0.3) is 0 Å². The first kappa shape index (κ1) is 20.0. The third kappa shape index (κ3) is 3.77. The minimum atomic E-state index is -1.53. The highest BCUT2D eigenvalue weighted by molar-refractivity contribution is 6.08. The second kappa shape index (κ2) is 7.34. The number of likely N-dealkylation sites (N-methyl/N-ethyl adjacent to an activating group) is 1. The van der Waals surface area contributed by atoms with Crippen molar-refractivity contribution >= 4 is 17.5 Å². The van der Waals surface area contributed by atoms with E-state index in [-0.39, 0.29) is 5.91 Å². The van der Waals surface area contributed by atoms with Crippen LogP contribution in [0.15, 0.2) is 42.5 Å². The third-order valence-corrected chi connectivity index (χ3v) is 5.32. The maximum absolute atomic E-state index is 14.4. The Balaban J connectivity index is 1.93. The lowest BCUT2D eigenvalue weighted by molar-refractivity contribution is -0.135. The summed E-state index contributed by atoms with van der Waals surface area (Å²) >= 11 is 0. The number of halogens is 2. The van der Waals surface area contributed by atoms with E-state index in [0.29, 0.717) is 23.4 Å². The van der Waals surface area contributed by atoms with Gasteiger partial charge in [-0.15, -0.1) is 0 Å². The normalized spacial score (nSPS) is 19.8. The molecule has 0 spiro atoms. The number of amides is 2. The zero-order valence-corrected chi connectivity index (χ0v) is 16.4. The number of hydrogen-bond acceptors (Lipinski definition) is 2. The van der Waals surface area contributed by atoms with Gasteiger partial charge in [0.1, 0.15) is 17.4 Å². The van der Waals surface area contributed by atoms with E-state index < -0.39 is 29.2 Å². The maximum Gasteiger partial charge on any atom is 0.237 e. The first-order valence-corrected chi connectivity index (χ1v) is 9.20. The largest absolute Gasteiger partial charge is 0.344 e. The Kier molecular flexibility index (Phi) is 5.24. The van der Waals surface area contributed by atoms with Crippen molar-refractivity contribution in [2.45, 2.75) is 32.4 Å². The van der Waals surface area contributed by atoms with Gasteiger partial charge in [-0.1, -0.05) is 30.3 Å². The van der Waals surface area contributed by atoms with Crippen LogP contribution in [-0.4, -0.2) is 30.3 Å². The van der Waals surface area contributed by atoms with E-state index in [4.69, 9.17) is 0 Å². The van der Waals surface area contributed by atoms with Gasteiger partial charge in [-0.05, 0) is 44.0 Å². The average molecular weight is 386 g/mol. The Morgan fingerprint density at radius 2 is 1.89 bits per heavy atom. The van der Waals surface area contributed by atoms with E-state index in [1.54, 1.807) is 44.3 Å². The molecule has 0 aromatic heterocycles. The van der Waals surface area contributed by atoms with Gasteiger partial charge in [0.2, 0.25) is 11.8 Å². The van der Waals surface area contributed by atoms with Crippen LogP contribution in [0, 0.1) is 18.7 Å². The summed E-state index contributed by atoms with van der Waals surface area (Å²) in [5, 5.41) is 2.69. The smallest absolute Gasteiger partial charge is 0.237 e. The van der Waals surface area contributed by atoms with Crippen molar-refractivity contribution < 1.29 is 18.4 Å².